The second-order valence-electron chi connectivity index (χ2n) is 7.84. The van der Waals surface area contributed by atoms with Crippen molar-refractivity contribution < 1.29 is 32.6 Å². The van der Waals surface area contributed by atoms with E-state index in [1.807, 2.05) is 30.3 Å². The van der Waals surface area contributed by atoms with E-state index in [1.54, 1.807) is 18.2 Å². The van der Waals surface area contributed by atoms with Crippen LogP contribution in [0, 0.1) is 0 Å². The molecule has 5 nitrogen and oxygen atoms in total. The first-order valence-corrected chi connectivity index (χ1v) is 10.5. The van der Waals surface area contributed by atoms with Gasteiger partial charge in [0.2, 0.25) is 5.91 Å². The van der Waals surface area contributed by atoms with Crippen molar-refractivity contribution in [2.75, 3.05) is 7.11 Å². The van der Waals surface area contributed by atoms with Crippen molar-refractivity contribution in [3.05, 3.63) is 89.0 Å². The van der Waals surface area contributed by atoms with Gasteiger partial charge >= 0.3 is 12.1 Å². The topological polar surface area (TPSA) is 66.8 Å². The van der Waals surface area contributed by atoms with Crippen molar-refractivity contribution >= 4 is 11.9 Å². The number of amides is 1. The summed E-state index contributed by atoms with van der Waals surface area (Å²) in [5.41, 5.74) is 1.63. The standard InChI is InChI=1S/C26H24F3NO4/c1-17(31)30(15-18-6-4-3-5-7-18)16-20-14-21(26(27,28)29)9-10-22(20)23-12-19(13-25(32)33)8-11-24(23)34-2/h3-12,14H,13,15-16H2,1-2H3,(H,32,33). The van der Waals surface area contributed by atoms with Crippen LogP contribution in [0.3, 0.4) is 0 Å². The molecule has 0 spiro atoms. The van der Waals surface area contributed by atoms with E-state index in [0.29, 0.717) is 22.4 Å². The van der Waals surface area contributed by atoms with E-state index >= 15 is 0 Å². The van der Waals surface area contributed by atoms with Gasteiger partial charge in [-0.05, 0) is 46.5 Å². The molecule has 0 saturated heterocycles. The number of hydrogen-bond donors (Lipinski definition) is 1. The van der Waals surface area contributed by atoms with Gasteiger partial charge in [-0.15, -0.1) is 0 Å². The highest BCUT2D eigenvalue weighted by Crippen LogP contribution is 2.38. The van der Waals surface area contributed by atoms with Gasteiger partial charge < -0.3 is 14.7 Å². The van der Waals surface area contributed by atoms with Crippen molar-refractivity contribution in [2.24, 2.45) is 0 Å². The lowest BCUT2D eigenvalue weighted by Crippen LogP contribution is -2.28. The zero-order valence-electron chi connectivity index (χ0n) is 18.7. The van der Waals surface area contributed by atoms with E-state index in [4.69, 9.17) is 9.84 Å². The lowest BCUT2D eigenvalue weighted by atomic mass is 9.94. The molecule has 3 aromatic rings. The molecule has 0 atom stereocenters. The molecule has 0 unspecified atom stereocenters. The Morgan fingerprint density at radius 2 is 1.62 bits per heavy atom. The number of alkyl halides is 3. The predicted octanol–water partition coefficient (Wildman–Crippen LogP) is 5.56. The van der Waals surface area contributed by atoms with E-state index in [9.17, 15) is 22.8 Å². The summed E-state index contributed by atoms with van der Waals surface area (Å²) < 4.78 is 46.0. The minimum absolute atomic E-state index is 0.0736. The number of carboxylic acids is 1. The number of hydrogen-bond acceptors (Lipinski definition) is 3. The first-order valence-electron chi connectivity index (χ1n) is 10.5. The van der Waals surface area contributed by atoms with Crippen LogP contribution in [0.1, 0.15) is 29.2 Å². The minimum Gasteiger partial charge on any atom is -0.496 e. The molecule has 3 aromatic carbocycles. The molecule has 1 amide bonds. The predicted molar refractivity (Wildman–Crippen MR) is 121 cm³/mol. The molecule has 0 aliphatic heterocycles. The second-order valence-corrected chi connectivity index (χ2v) is 7.84. The van der Waals surface area contributed by atoms with Crippen molar-refractivity contribution in [3.8, 4) is 16.9 Å². The molecule has 178 valence electrons. The Hall–Kier alpha value is -3.81. The monoisotopic (exact) mass is 471 g/mol. The molecule has 0 radical (unpaired) electrons. The molecule has 0 saturated carbocycles. The van der Waals surface area contributed by atoms with Crippen molar-refractivity contribution in [1.82, 2.24) is 4.90 Å². The molecule has 3 rings (SSSR count). The molecule has 34 heavy (non-hydrogen) atoms. The maximum atomic E-state index is 13.5. The number of benzene rings is 3. The maximum Gasteiger partial charge on any atom is 0.416 e. The van der Waals surface area contributed by atoms with Gasteiger partial charge in [-0.25, -0.2) is 0 Å². The zero-order valence-corrected chi connectivity index (χ0v) is 18.7. The van der Waals surface area contributed by atoms with Gasteiger partial charge in [0.25, 0.3) is 0 Å². The number of halogens is 3. The van der Waals surface area contributed by atoms with Crippen LogP contribution in [0.2, 0.25) is 0 Å². The summed E-state index contributed by atoms with van der Waals surface area (Å²) in [7, 11) is 1.43. The normalized spacial score (nSPS) is 11.2. The van der Waals surface area contributed by atoms with Gasteiger partial charge in [0.15, 0.2) is 0 Å². The number of carboxylic acid groups (broad SMARTS) is 1. The molecule has 0 aliphatic carbocycles. The number of ether oxygens (including phenoxy) is 1. The number of methoxy groups -OCH3 is 1. The van der Waals surface area contributed by atoms with Crippen LogP contribution in [0.15, 0.2) is 66.7 Å². The van der Waals surface area contributed by atoms with Crippen LogP contribution in [-0.2, 0) is 35.3 Å². The average molecular weight is 471 g/mol. The summed E-state index contributed by atoms with van der Waals surface area (Å²) in [4.78, 5) is 25.0. The molecule has 0 heterocycles. The molecular weight excluding hydrogens is 447 g/mol. The van der Waals surface area contributed by atoms with Crippen LogP contribution in [-0.4, -0.2) is 29.0 Å². The molecule has 0 aromatic heterocycles. The number of carbonyl (C=O) groups is 2. The Kier molecular flexibility index (Phi) is 7.61. The van der Waals surface area contributed by atoms with Crippen LogP contribution >= 0.6 is 0 Å². The summed E-state index contributed by atoms with van der Waals surface area (Å²) in [6, 6.07) is 17.3. The number of rotatable bonds is 8. The summed E-state index contributed by atoms with van der Waals surface area (Å²) in [6.45, 7) is 1.52. The first kappa shape index (κ1) is 24.8. The molecule has 0 bridgehead atoms. The lowest BCUT2D eigenvalue weighted by Gasteiger charge is -2.24. The summed E-state index contributed by atoms with van der Waals surface area (Å²) in [5.74, 6) is -0.944. The Labute approximate surface area is 195 Å². The third-order valence-corrected chi connectivity index (χ3v) is 5.36. The van der Waals surface area contributed by atoms with Crippen LogP contribution < -0.4 is 4.74 Å². The van der Waals surface area contributed by atoms with Crippen molar-refractivity contribution in [3.63, 3.8) is 0 Å². The highest BCUT2D eigenvalue weighted by atomic mass is 19.4. The van der Waals surface area contributed by atoms with Crippen LogP contribution in [0.5, 0.6) is 5.75 Å². The fourth-order valence-electron chi connectivity index (χ4n) is 3.70. The summed E-state index contributed by atoms with van der Waals surface area (Å²) in [6.07, 6.45) is -4.82. The van der Waals surface area contributed by atoms with Gasteiger partial charge in [0, 0.05) is 25.6 Å². The molecule has 8 heteroatoms. The van der Waals surface area contributed by atoms with Gasteiger partial charge in [-0.1, -0.05) is 42.5 Å². The van der Waals surface area contributed by atoms with E-state index in [-0.39, 0.29) is 31.0 Å². The smallest absolute Gasteiger partial charge is 0.416 e. The highest BCUT2D eigenvalue weighted by Gasteiger charge is 2.31. The fourth-order valence-corrected chi connectivity index (χ4v) is 3.70. The summed E-state index contributed by atoms with van der Waals surface area (Å²) in [5, 5.41) is 9.16. The van der Waals surface area contributed by atoms with Gasteiger partial charge in [-0.3, -0.25) is 9.59 Å². The molecular formula is C26H24F3NO4. The van der Waals surface area contributed by atoms with E-state index in [0.717, 1.165) is 17.7 Å². The summed E-state index contributed by atoms with van der Waals surface area (Å²) >= 11 is 0. The SMILES string of the molecule is COc1ccc(CC(=O)O)cc1-c1ccc(C(F)(F)F)cc1CN(Cc1ccccc1)C(C)=O. The quantitative estimate of drug-likeness (QED) is 0.467. The average Bonchev–Trinajstić information content (AvgIpc) is 2.78. The third-order valence-electron chi connectivity index (χ3n) is 5.36. The van der Waals surface area contributed by atoms with Gasteiger partial charge in [0.05, 0.1) is 19.1 Å². The maximum absolute atomic E-state index is 13.5. The second kappa shape index (κ2) is 10.4. The van der Waals surface area contributed by atoms with Gasteiger partial charge in [-0.2, -0.15) is 13.2 Å². The Bertz CT molecular complexity index is 1180. The number of nitrogens with zero attached hydrogens (tertiary/aromatic N) is 1. The van der Waals surface area contributed by atoms with Crippen LogP contribution in [0.4, 0.5) is 13.2 Å². The fraction of sp³-hybridized carbons (Fsp3) is 0.231. The Morgan fingerprint density at radius 3 is 2.21 bits per heavy atom. The third kappa shape index (κ3) is 6.15. The van der Waals surface area contributed by atoms with E-state index in [1.165, 1.54) is 25.0 Å². The minimum atomic E-state index is -4.57. The van der Waals surface area contributed by atoms with E-state index in [2.05, 4.69) is 0 Å². The highest BCUT2D eigenvalue weighted by molar-refractivity contribution is 5.78. The number of carbonyl (C=O) groups excluding carboxylic acids is 1. The van der Waals surface area contributed by atoms with Crippen molar-refractivity contribution in [2.45, 2.75) is 32.6 Å². The molecule has 1 N–H and O–H groups in total. The van der Waals surface area contributed by atoms with Gasteiger partial charge in [0.1, 0.15) is 5.75 Å². The lowest BCUT2D eigenvalue weighted by molar-refractivity contribution is -0.138. The molecule has 0 fully saturated rings. The van der Waals surface area contributed by atoms with Crippen LogP contribution in [0.25, 0.3) is 11.1 Å². The number of aliphatic carboxylic acids is 1. The largest absolute Gasteiger partial charge is 0.496 e. The van der Waals surface area contributed by atoms with E-state index < -0.39 is 17.7 Å². The zero-order chi connectivity index (χ0) is 24.9. The Morgan fingerprint density at radius 1 is 0.912 bits per heavy atom. The Balaban J connectivity index is 2.12. The van der Waals surface area contributed by atoms with Crippen molar-refractivity contribution in [1.29, 1.82) is 0 Å². The first-order chi connectivity index (χ1) is 16.1. The molecule has 0 aliphatic rings.